The molecule has 6 heteroatoms. The second-order valence-corrected chi connectivity index (χ2v) is 32.8. The number of pyridine rings is 6. The highest BCUT2D eigenvalue weighted by atomic mass is 15.0. The van der Waals surface area contributed by atoms with E-state index in [9.17, 15) is 0 Å². The Kier molecular flexibility index (Phi) is 21.1. The van der Waals surface area contributed by atoms with E-state index in [1.165, 1.54) is 185 Å². The summed E-state index contributed by atoms with van der Waals surface area (Å²) < 4.78 is 108. The van der Waals surface area contributed by atoms with Gasteiger partial charge in [0.1, 0.15) is 42.3 Å². The maximum atomic E-state index is 8.48. The zero-order chi connectivity index (χ0) is 89.4. The number of rotatable bonds is 6. The van der Waals surface area contributed by atoms with Gasteiger partial charge in [-0.25, -0.2) is 27.4 Å². The molecule has 0 spiro atoms. The lowest BCUT2D eigenvalue weighted by Crippen LogP contribution is -2.33. The number of hydrogen-bond acceptors (Lipinski definition) is 0. The first-order chi connectivity index (χ1) is 58.6. The van der Waals surface area contributed by atoms with Crippen molar-refractivity contribution in [3.8, 4) is 67.5 Å². The summed E-state index contributed by atoms with van der Waals surface area (Å²) >= 11 is 0. The molecule has 0 saturated heterocycles. The lowest BCUT2D eigenvalue weighted by atomic mass is 9.87. The van der Waals surface area contributed by atoms with Crippen LogP contribution >= 0.6 is 0 Å². The van der Waals surface area contributed by atoms with Crippen LogP contribution in [-0.2, 0) is 119 Å². The van der Waals surface area contributed by atoms with E-state index in [2.05, 4.69) is 224 Å². The van der Waals surface area contributed by atoms with Crippen LogP contribution < -0.4 is 27.4 Å². The summed E-state index contributed by atoms with van der Waals surface area (Å²) in [7, 11) is 12.4. The maximum Gasteiger partial charge on any atom is 0.216 e. The second-order valence-electron chi connectivity index (χ2n) is 32.8. The predicted octanol–water partition coefficient (Wildman–Crippen LogP) is 21.3. The maximum absolute atomic E-state index is 8.48. The van der Waals surface area contributed by atoms with Crippen molar-refractivity contribution >= 4 is 0 Å². The lowest BCUT2D eigenvalue weighted by molar-refractivity contribution is -0.661. The van der Waals surface area contributed by atoms with Crippen molar-refractivity contribution in [1.82, 2.24) is 0 Å². The number of fused-ring (bicyclic) bond motifs is 6. The van der Waals surface area contributed by atoms with Crippen LogP contribution in [0.3, 0.4) is 0 Å². The van der Waals surface area contributed by atoms with E-state index in [0.717, 1.165) is 51.9 Å². The van der Waals surface area contributed by atoms with Crippen molar-refractivity contribution < 1.29 is 43.9 Å². The summed E-state index contributed by atoms with van der Waals surface area (Å²) in [6.45, 7) is 16.9. The normalized spacial score (nSPS) is 17.2. The predicted molar refractivity (Wildman–Crippen MR) is 466 cm³/mol. The molecule has 112 heavy (non-hydrogen) atoms. The third-order valence-electron chi connectivity index (χ3n) is 23.9. The summed E-state index contributed by atoms with van der Waals surface area (Å²) in [5, 5.41) is 0. The first-order valence-electron chi connectivity index (χ1n) is 47.2. The average molecular weight is 1500 g/mol. The monoisotopic (exact) mass is 1500 g/mol. The SMILES string of the molecule is Cc1ccc(-c2c3c(cc[n+]2C)CCC3)c(C)c1.Cc1ccc(-c2c3c(cc[n+]2C)CCCC3)c(C)c1.Cc1ccc(-c2cc3c(c[n+]2C)CCC3)c(C)c1.Cc1ccc(-c2cc3c(c[n+]2C)CCCC3)c(C)c1.[2H]C([2H])([2H])c1ccc(-c2c3c(cc[n+]2C)C([2H])([2H])CCC3([2H])[2H])c(C)c1.[2H]C([2H])([2H])c1ccc(-c2cc3c(c[n+]2C)CCCC3([2H])[2H])c(C)c1. The largest absolute Gasteiger partial charge is 0.216 e. The molecule has 6 nitrogen and oxygen atoms in total. The van der Waals surface area contributed by atoms with Crippen LogP contribution in [0.4, 0.5) is 0 Å². The van der Waals surface area contributed by atoms with Crippen molar-refractivity contribution in [2.75, 3.05) is 0 Å². The molecule has 6 aliphatic carbocycles. The van der Waals surface area contributed by atoms with Gasteiger partial charge in [-0.2, -0.15) is 0 Å². The molecule has 0 N–H and O–H groups in total. The van der Waals surface area contributed by atoms with Crippen LogP contribution in [-0.4, -0.2) is 0 Å². The summed E-state index contributed by atoms with van der Waals surface area (Å²) in [6.07, 6.45) is 28.7. The van der Waals surface area contributed by atoms with Gasteiger partial charge >= 0.3 is 0 Å². The molecule has 0 bridgehead atoms. The van der Waals surface area contributed by atoms with Gasteiger partial charge in [0.2, 0.25) is 34.2 Å². The Bertz CT molecular complexity index is 6030. The van der Waals surface area contributed by atoms with Gasteiger partial charge in [-0.1, -0.05) is 106 Å². The number of benzene rings is 6. The molecule has 0 saturated carbocycles. The standard InChI is InChI=1S/4C18H22N.2C17H20N/c2*1-13-8-9-17(14(2)10-13)18-11-15-6-4-5-7-16(15)12-19(18)3;2*1-13-8-9-16(14(2)12-13)18-17-7-5-4-6-15(17)10-11-19(18)3;1-12-7-8-16(13(2)9-12)17-10-14-5-4-6-15(14)11-18(17)3;1-12-7-8-15(13(2)11-12)17-16-6-4-5-14(16)9-10-18(17)3/h4*8-12H,4-7H2,1-3H3;2*7-11H,4-6H2,1-3H3/q6*+1/i1D3,6D2;;1D3,6D2,7D2;;;. The molecule has 0 amide bonds. The van der Waals surface area contributed by atoms with Gasteiger partial charge in [0, 0.05) is 120 Å². The Hall–Kier alpha value is -9.78. The summed E-state index contributed by atoms with van der Waals surface area (Å²) in [4.78, 5) is 0. The van der Waals surface area contributed by atoms with E-state index in [0.29, 0.717) is 28.8 Å². The van der Waals surface area contributed by atoms with Gasteiger partial charge < -0.3 is 0 Å². The van der Waals surface area contributed by atoms with Crippen molar-refractivity contribution in [2.24, 2.45) is 42.3 Å². The van der Waals surface area contributed by atoms with Crippen molar-refractivity contribution in [3.05, 3.63) is 316 Å². The van der Waals surface area contributed by atoms with Gasteiger partial charge in [-0.05, 0) is 327 Å². The average Bonchev–Trinajstić information content (AvgIpc) is 0.833. The van der Waals surface area contributed by atoms with Gasteiger partial charge in [-0.15, -0.1) is 0 Å². The van der Waals surface area contributed by atoms with Crippen LogP contribution in [0.5, 0.6) is 0 Å². The van der Waals surface area contributed by atoms with Crippen LogP contribution in [0.15, 0.2) is 183 Å². The summed E-state index contributed by atoms with van der Waals surface area (Å²) in [6, 6.07) is 50.1. The minimum atomic E-state index is -2.20. The molecular formula is C106H128N6+6. The number of aromatic nitrogens is 6. The van der Waals surface area contributed by atoms with Crippen LogP contribution in [0.2, 0.25) is 0 Å². The lowest BCUT2D eigenvalue weighted by Gasteiger charge is -2.18. The van der Waals surface area contributed by atoms with Crippen molar-refractivity contribution in [3.63, 3.8) is 0 Å². The third kappa shape index (κ3) is 18.5. The molecule has 576 valence electrons. The minimum Gasteiger partial charge on any atom is -0.201 e. The Labute approximate surface area is 690 Å². The Morgan fingerprint density at radius 1 is 0.232 bits per heavy atom. The van der Waals surface area contributed by atoms with Gasteiger partial charge in [-0.3, -0.25) is 0 Å². The molecule has 0 aliphatic heterocycles. The molecule has 12 aromatic rings. The summed E-state index contributed by atoms with van der Waals surface area (Å²) in [5.41, 5.74) is 42.2. The van der Waals surface area contributed by atoms with E-state index in [-0.39, 0.29) is 18.4 Å². The molecule has 0 atom stereocenters. The number of hydrogen-bond donors (Lipinski definition) is 0. The first kappa shape index (κ1) is 65.7. The highest BCUT2D eigenvalue weighted by Gasteiger charge is 2.29. The molecule has 0 radical (unpaired) electrons. The van der Waals surface area contributed by atoms with E-state index in [1.807, 2.05) is 36.9 Å². The van der Waals surface area contributed by atoms with E-state index in [1.54, 1.807) is 100 Å². The van der Waals surface area contributed by atoms with Crippen molar-refractivity contribution in [1.29, 1.82) is 0 Å². The topological polar surface area (TPSA) is 23.3 Å². The molecule has 6 aromatic heterocycles. The molecule has 6 aromatic carbocycles. The molecule has 0 fully saturated rings. The zero-order valence-electron chi connectivity index (χ0n) is 81.9. The van der Waals surface area contributed by atoms with Crippen LogP contribution in [0, 0.1) is 82.9 Å². The van der Waals surface area contributed by atoms with Crippen molar-refractivity contribution in [2.45, 2.75) is 224 Å². The molecule has 0 unspecified atom stereocenters. The fraction of sp³-hybridized carbons (Fsp3) is 0.377. The number of aryl methyl sites for hydroxylation is 27. The van der Waals surface area contributed by atoms with Gasteiger partial charge in [0.15, 0.2) is 37.2 Å². The molecule has 6 heterocycles. The molecule has 18 rings (SSSR count). The third-order valence-corrected chi connectivity index (χ3v) is 23.9. The molecular weight excluding hydrogens is 1360 g/mol. The minimum absolute atomic E-state index is 0.108. The first-order valence-corrected chi connectivity index (χ1v) is 41.2. The van der Waals surface area contributed by atoms with Crippen LogP contribution in [0.25, 0.3) is 67.5 Å². The highest BCUT2D eigenvalue weighted by molar-refractivity contribution is 5.70. The Balaban J connectivity index is 0.000000129. The smallest absolute Gasteiger partial charge is 0.201 e. The second kappa shape index (κ2) is 35.9. The molecule has 6 aliphatic rings. The number of nitrogens with zero attached hydrogens (tertiary/aromatic N) is 6. The Morgan fingerprint density at radius 3 is 0.938 bits per heavy atom. The van der Waals surface area contributed by atoms with Crippen LogP contribution in [0.1, 0.15) is 214 Å². The van der Waals surface area contributed by atoms with Gasteiger partial charge in [0.05, 0.1) is 0 Å². The Morgan fingerprint density at radius 2 is 0.509 bits per heavy atom. The van der Waals surface area contributed by atoms with E-state index >= 15 is 0 Å². The fourth-order valence-electron chi connectivity index (χ4n) is 18.1. The highest BCUT2D eigenvalue weighted by Crippen LogP contribution is 2.37. The zero-order valence-corrected chi connectivity index (χ0v) is 69.9. The van der Waals surface area contributed by atoms with E-state index in [4.69, 9.17) is 16.4 Å². The quantitative estimate of drug-likeness (QED) is 0.148. The summed E-state index contributed by atoms with van der Waals surface area (Å²) in [5.74, 6) is 0. The fourth-order valence-corrected chi connectivity index (χ4v) is 18.1. The van der Waals surface area contributed by atoms with Gasteiger partial charge in [0.25, 0.3) is 0 Å². The van der Waals surface area contributed by atoms with E-state index < -0.39 is 32.8 Å².